The topological polar surface area (TPSA) is 76.7 Å². The van der Waals surface area contributed by atoms with E-state index in [4.69, 9.17) is 5.73 Å². The van der Waals surface area contributed by atoms with Crippen LogP contribution in [0.25, 0.3) is 0 Å². The van der Waals surface area contributed by atoms with E-state index in [0.29, 0.717) is 11.7 Å². The van der Waals surface area contributed by atoms with Crippen molar-refractivity contribution < 1.29 is 0 Å². The number of hydrogen-bond donors (Lipinski definition) is 2. The summed E-state index contributed by atoms with van der Waals surface area (Å²) >= 11 is 4.81. The van der Waals surface area contributed by atoms with Gasteiger partial charge in [-0.05, 0) is 35.5 Å². The largest absolute Gasteiger partial charge is 0.343 e. The molecule has 90 valence electrons. The van der Waals surface area contributed by atoms with Crippen molar-refractivity contribution in [3.8, 4) is 0 Å². The molecular formula is C10H11BrN4OS. The van der Waals surface area contributed by atoms with E-state index < -0.39 is 0 Å². The second-order valence-electron chi connectivity index (χ2n) is 3.43. The molecule has 0 radical (unpaired) electrons. The van der Waals surface area contributed by atoms with Gasteiger partial charge in [-0.15, -0.1) is 5.10 Å². The lowest BCUT2D eigenvalue weighted by Crippen LogP contribution is -2.12. The van der Waals surface area contributed by atoms with E-state index in [1.807, 2.05) is 18.2 Å². The highest BCUT2D eigenvalue weighted by Crippen LogP contribution is 2.29. The minimum Gasteiger partial charge on any atom is -0.326 e. The molecule has 0 saturated carbocycles. The lowest BCUT2D eigenvalue weighted by atomic mass is 10.2. The average molecular weight is 315 g/mol. The van der Waals surface area contributed by atoms with Gasteiger partial charge in [0.25, 0.3) is 0 Å². The molecular weight excluding hydrogens is 304 g/mol. The molecule has 0 saturated heterocycles. The van der Waals surface area contributed by atoms with Crippen molar-refractivity contribution in [2.75, 3.05) is 0 Å². The highest BCUT2D eigenvalue weighted by Gasteiger charge is 2.09. The Hall–Kier alpha value is -1.05. The first-order valence-electron chi connectivity index (χ1n) is 4.89. The molecule has 0 aliphatic rings. The van der Waals surface area contributed by atoms with E-state index in [9.17, 15) is 4.79 Å². The Kier molecular flexibility index (Phi) is 3.70. The molecule has 0 aliphatic heterocycles. The van der Waals surface area contributed by atoms with Crippen LogP contribution in [0.3, 0.4) is 0 Å². The normalized spacial score (nSPS) is 10.8. The minimum atomic E-state index is -0.223. The fourth-order valence-electron chi connectivity index (χ4n) is 1.33. The summed E-state index contributed by atoms with van der Waals surface area (Å²) in [6.45, 7) is 0.445. The highest BCUT2D eigenvalue weighted by atomic mass is 79.9. The number of H-pyrrole nitrogens is 1. The van der Waals surface area contributed by atoms with E-state index in [-0.39, 0.29) is 5.69 Å². The van der Waals surface area contributed by atoms with Crippen LogP contribution in [0.5, 0.6) is 0 Å². The monoisotopic (exact) mass is 314 g/mol. The van der Waals surface area contributed by atoms with Crippen molar-refractivity contribution in [2.24, 2.45) is 12.8 Å². The maximum atomic E-state index is 11.2. The predicted molar refractivity (Wildman–Crippen MR) is 70.0 cm³/mol. The summed E-state index contributed by atoms with van der Waals surface area (Å²) in [7, 11) is 1.68. The number of nitrogens with zero attached hydrogens (tertiary/aromatic N) is 2. The van der Waals surface area contributed by atoms with Crippen LogP contribution in [0, 0.1) is 0 Å². The standard InChI is InChI=1S/C10H11BrN4OS/c1-15-9(16)13-14-10(15)17-8-3-2-7(11)4-6(8)5-12/h2-4H,5,12H2,1H3,(H,13,16). The van der Waals surface area contributed by atoms with Crippen LogP contribution in [0.15, 0.2) is 37.5 Å². The number of halogens is 1. The third kappa shape index (κ3) is 2.62. The van der Waals surface area contributed by atoms with Gasteiger partial charge in [-0.3, -0.25) is 4.57 Å². The summed E-state index contributed by atoms with van der Waals surface area (Å²) in [6, 6.07) is 5.86. The van der Waals surface area contributed by atoms with Crippen LogP contribution in [-0.4, -0.2) is 14.8 Å². The van der Waals surface area contributed by atoms with Crippen LogP contribution in [0.4, 0.5) is 0 Å². The third-order valence-electron chi connectivity index (χ3n) is 2.28. The molecule has 0 fully saturated rings. The fraction of sp³-hybridized carbons (Fsp3) is 0.200. The van der Waals surface area contributed by atoms with Gasteiger partial charge in [0, 0.05) is 23.0 Å². The Morgan fingerprint density at radius 3 is 2.94 bits per heavy atom. The predicted octanol–water partition coefficient (Wildman–Crippen LogP) is 1.48. The van der Waals surface area contributed by atoms with Crippen LogP contribution in [0.2, 0.25) is 0 Å². The second kappa shape index (κ2) is 5.07. The molecule has 0 spiro atoms. The number of nitrogens with two attached hydrogens (primary N) is 1. The minimum absolute atomic E-state index is 0.223. The van der Waals surface area contributed by atoms with Crippen LogP contribution in [0.1, 0.15) is 5.56 Å². The van der Waals surface area contributed by atoms with Gasteiger partial charge in [0.05, 0.1) is 0 Å². The average Bonchev–Trinajstić information content (AvgIpc) is 2.63. The summed E-state index contributed by atoms with van der Waals surface area (Å²) < 4.78 is 2.45. The lowest BCUT2D eigenvalue weighted by Gasteiger charge is -2.06. The molecule has 1 aromatic heterocycles. The number of aromatic amines is 1. The molecule has 0 aliphatic carbocycles. The molecule has 2 rings (SSSR count). The van der Waals surface area contributed by atoms with Gasteiger partial charge in [0.15, 0.2) is 5.16 Å². The Morgan fingerprint density at radius 1 is 1.59 bits per heavy atom. The van der Waals surface area contributed by atoms with Gasteiger partial charge in [0.1, 0.15) is 0 Å². The number of rotatable bonds is 3. The molecule has 7 heteroatoms. The number of nitrogens with one attached hydrogen (secondary N) is 1. The van der Waals surface area contributed by atoms with Crippen LogP contribution in [-0.2, 0) is 13.6 Å². The van der Waals surface area contributed by atoms with E-state index in [2.05, 4.69) is 26.1 Å². The number of hydrogen-bond acceptors (Lipinski definition) is 4. The highest BCUT2D eigenvalue weighted by molar-refractivity contribution is 9.10. The van der Waals surface area contributed by atoms with Crippen LogP contribution >= 0.6 is 27.7 Å². The summed E-state index contributed by atoms with van der Waals surface area (Å²) in [4.78, 5) is 12.2. The molecule has 0 amide bonds. The van der Waals surface area contributed by atoms with E-state index in [1.54, 1.807) is 7.05 Å². The molecule has 17 heavy (non-hydrogen) atoms. The molecule has 1 aromatic carbocycles. The van der Waals surface area contributed by atoms with Crippen molar-refractivity contribution >= 4 is 27.7 Å². The van der Waals surface area contributed by atoms with Crippen molar-refractivity contribution in [1.82, 2.24) is 14.8 Å². The van der Waals surface area contributed by atoms with Gasteiger partial charge in [-0.2, -0.15) is 0 Å². The first-order valence-corrected chi connectivity index (χ1v) is 6.50. The van der Waals surface area contributed by atoms with Crippen LogP contribution < -0.4 is 11.4 Å². The molecule has 2 aromatic rings. The van der Waals surface area contributed by atoms with E-state index in [1.165, 1.54) is 16.3 Å². The summed E-state index contributed by atoms with van der Waals surface area (Å²) in [5, 5.41) is 6.96. The maximum absolute atomic E-state index is 11.2. The number of aromatic nitrogens is 3. The third-order valence-corrected chi connectivity index (χ3v) is 3.94. The second-order valence-corrected chi connectivity index (χ2v) is 5.35. The molecule has 0 bridgehead atoms. The summed E-state index contributed by atoms with van der Waals surface area (Å²) in [6.07, 6.45) is 0. The Balaban J connectivity index is 2.36. The van der Waals surface area contributed by atoms with Crippen molar-refractivity contribution in [1.29, 1.82) is 0 Å². The zero-order chi connectivity index (χ0) is 12.4. The molecule has 0 atom stereocenters. The Labute approximate surface area is 111 Å². The van der Waals surface area contributed by atoms with Gasteiger partial charge >= 0.3 is 5.69 Å². The lowest BCUT2D eigenvalue weighted by molar-refractivity contribution is 0.765. The van der Waals surface area contributed by atoms with Gasteiger partial charge in [0.2, 0.25) is 0 Å². The quantitative estimate of drug-likeness (QED) is 0.899. The molecule has 5 nitrogen and oxygen atoms in total. The zero-order valence-corrected chi connectivity index (χ0v) is 11.5. The van der Waals surface area contributed by atoms with Gasteiger partial charge < -0.3 is 5.73 Å². The first-order chi connectivity index (χ1) is 8.11. The fourth-order valence-corrected chi connectivity index (χ4v) is 2.66. The van der Waals surface area contributed by atoms with Crippen molar-refractivity contribution in [2.45, 2.75) is 16.6 Å². The van der Waals surface area contributed by atoms with Crippen molar-refractivity contribution in [3.05, 3.63) is 38.7 Å². The smallest absolute Gasteiger partial charge is 0.326 e. The van der Waals surface area contributed by atoms with Gasteiger partial charge in [-0.25, -0.2) is 9.89 Å². The summed E-state index contributed by atoms with van der Waals surface area (Å²) in [5.74, 6) is 0. The van der Waals surface area contributed by atoms with Gasteiger partial charge in [-0.1, -0.05) is 15.9 Å². The molecule has 3 N–H and O–H groups in total. The van der Waals surface area contributed by atoms with E-state index >= 15 is 0 Å². The molecule has 1 heterocycles. The summed E-state index contributed by atoms with van der Waals surface area (Å²) in [5.41, 5.74) is 6.48. The Morgan fingerprint density at radius 2 is 2.35 bits per heavy atom. The SMILES string of the molecule is Cn1c(Sc2ccc(Br)cc2CN)n[nH]c1=O. The molecule has 0 unspecified atom stereocenters. The Bertz CT molecular complexity index is 592. The zero-order valence-electron chi connectivity index (χ0n) is 9.11. The van der Waals surface area contributed by atoms with Crippen molar-refractivity contribution in [3.63, 3.8) is 0 Å². The van der Waals surface area contributed by atoms with E-state index in [0.717, 1.165) is 14.9 Å². The maximum Gasteiger partial charge on any atom is 0.343 e. The number of benzene rings is 1. The first kappa shape index (κ1) is 12.4.